The van der Waals surface area contributed by atoms with Gasteiger partial charge >= 0.3 is 0 Å². The van der Waals surface area contributed by atoms with E-state index in [0.717, 1.165) is 0 Å². The van der Waals surface area contributed by atoms with Crippen molar-refractivity contribution in [2.24, 2.45) is 5.73 Å². The molecule has 2 aromatic carbocycles. The fraction of sp³-hybridized carbons (Fsp3) is 0. The molecule has 0 spiro atoms. The number of ether oxygens (including phenoxy) is 1. The molecule has 0 saturated heterocycles. The van der Waals surface area contributed by atoms with E-state index in [2.05, 4.69) is 0 Å². The van der Waals surface area contributed by atoms with E-state index >= 15 is 0 Å². The number of hydrogen-bond donors (Lipinski definition) is 2. The van der Waals surface area contributed by atoms with Gasteiger partial charge in [0.25, 0.3) is 5.91 Å². The van der Waals surface area contributed by atoms with Crippen LogP contribution in [0.3, 0.4) is 0 Å². The summed E-state index contributed by atoms with van der Waals surface area (Å²) in [7, 11) is 0. The quantitative estimate of drug-likeness (QED) is 0.656. The molecule has 4 nitrogen and oxygen atoms in total. The third kappa shape index (κ3) is 3.10. The molecule has 0 fully saturated rings. The Kier molecular flexibility index (Phi) is 4.28. The van der Waals surface area contributed by atoms with Gasteiger partial charge in [-0.15, -0.1) is 0 Å². The number of primary amides is 1. The predicted molar refractivity (Wildman–Crippen MR) is 80.9 cm³/mol. The van der Waals surface area contributed by atoms with Gasteiger partial charge in [-0.1, -0.05) is 34.8 Å². The van der Waals surface area contributed by atoms with Gasteiger partial charge in [-0.3, -0.25) is 4.79 Å². The van der Waals surface area contributed by atoms with Crippen LogP contribution in [0.15, 0.2) is 30.3 Å². The molecule has 0 aromatic heterocycles. The van der Waals surface area contributed by atoms with Crippen molar-refractivity contribution in [2.75, 3.05) is 5.73 Å². The van der Waals surface area contributed by atoms with E-state index in [1.165, 1.54) is 24.3 Å². The molecule has 1 amide bonds. The number of hydrogen-bond acceptors (Lipinski definition) is 3. The Morgan fingerprint density at radius 3 is 2.25 bits per heavy atom. The van der Waals surface area contributed by atoms with Crippen LogP contribution in [0.4, 0.5) is 5.69 Å². The second-order valence-corrected chi connectivity index (χ2v) is 5.14. The van der Waals surface area contributed by atoms with Crippen LogP contribution in [0.1, 0.15) is 10.4 Å². The van der Waals surface area contributed by atoms with Gasteiger partial charge in [-0.05, 0) is 24.3 Å². The van der Waals surface area contributed by atoms with Gasteiger partial charge in [0.2, 0.25) is 0 Å². The van der Waals surface area contributed by atoms with Crippen molar-refractivity contribution in [1.29, 1.82) is 0 Å². The van der Waals surface area contributed by atoms with Crippen molar-refractivity contribution in [3.63, 3.8) is 0 Å². The van der Waals surface area contributed by atoms with Crippen molar-refractivity contribution < 1.29 is 9.53 Å². The highest BCUT2D eigenvalue weighted by Gasteiger charge is 2.14. The van der Waals surface area contributed by atoms with Crippen LogP contribution in [-0.2, 0) is 0 Å². The van der Waals surface area contributed by atoms with Crippen LogP contribution >= 0.6 is 34.8 Å². The standard InChI is InChI=1S/C13H9Cl3N2O2/c14-8-4-10(16)12(5-9(8)15)20-11-2-1-6(17)3-7(11)13(18)19/h1-5H,17H2,(H2,18,19). The number of nitrogen functional groups attached to an aromatic ring is 1. The van der Waals surface area contributed by atoms with Gasteiger partial charge in [-0.25, -0.2) is 0 Å². The number of anilines is 1. The third-order valence-electron chi connectivity index (χ3n) is 2.46. The van der Waals surface area contributed by atoms with Gasteiger partial charge in [0.1, 0.15) is 11.5 Å². The fourth-order valence-electron chi connectivity index (χ4n) is 1.53. The molecule has 4 N–H and O–H groups in total. The second-order valence-electron chi connectivity index (χ2n) is 3.92. The maximum Gasteiger partial charge on any atom is 0.252 e. The van der Waals surface area contributed by atoms with Gasteiger partial charge < -0.3 is 16.2 Å². The Hall–Kier alpha value is -1.62. The first-order chi connectivity index (χ1) is 9.38. The molecule has 20 heavy (non-hydrogen) atoms. The lowest BCUT2D eigenvalue weighted by Gasteiger charge is -2.12. The summed E-state index contributed by atoms with van der Waals surface area (Å²) in [6, 6.07) is 7.42. The Morgan fingerprint density at radius 2 is 1.60 bits per heavy atom. The smallest absolute Gasteiger partial charge is 0.252 e. The minimum atomic E-state index is -0.663. The minimum absolute atomic E-state index is 0.145. The maximum absolute atomic E-state index is 11.4. The zero-order chi connectivity index (χ0) is 14.9. The van der Waals surface area contributed by atoms with E-state index in [9.17, 15) is 4.79 Å². The lowest BCUT2D eigenvalue weighted by Crippen LogP contribution is -2.12. The van der Waals surface area contributed by atoms with E-state index in [0.29, 0.717) is 10.7 Å². The van der Waals surface area contributed by atoms with E-state index in [1.54, 1.807) is 6.07 Å². The monoisotopic (exact) mass is 330 g/mol. The summed E-state index contributed by atoms with van der Waals surface area (Å²) in [5.41, 5.74) is 11.4. The van der Waals surface area contributed by atoms with Gasteiger partial charge in [0.05, 0.1) is 20.6 Å². The van der Waals surface area contributed by atoms with Crippen molar-refractivity contribution in [3.8, 4) is 11.5 Å². The Labute approximate surface area is 130 Å². The molecule has 2 rings (SSSR count). The molecular weight excluding hydrogens is 323 g/mol. The first-order valence-corrected chi connectivity index (χ1v) is 6.53. The fourth-order valence-corrected chi connectivity index (χ4v) is 2.11. The molecule has 0 unspecified atom stereocenters. The lowest BCUT2D eigenvalue weighted by atomic mass is 10.1. The van der Waals surface area contributed by atoms with E-state index < -0.39 is 5.91 Å². The van der Waals surface area contributed by atoms with Crippen molar-refractivity contribution in [2.45, 2.75) is 0 Å². The number of amides is 1. The summed E-state index contributed by atoms with van der Waals surface area (Å²) in [6.45, 7) is 0. The summed E-state index contributed by atoms with van der Waals surface area (Å²) in [5.74, 6) is -0.177. The van der Waals surface area contributed by atoms with Gasteiger partial charge in [0.15, 0.2) is 0 Å². The predicted octanol–water partition coefficient (Wildman–Crippen LogP) is 4.12. The van der Waals surface area contributed by atoms with Crippen LogP contribution < -0.4 is 16.2 Å². The number of carbonyl (C=O) groups is 1. The van der Waals surface area contributed by atoms with E-state index in [4.69, 9.17) is 51.0 Å². The lowest BCUT2D eigenvalue weighted by molar-refractivity contribution is 0.0998. The third-order valence-corrected chi connectivity index (χ3v) is 3.48. The summed E-state index contributed by atoms with van der Waals surface area (Å²) >= 11 is 17.7. The SMILES string of the molecule is NC(=O)c1cc(N)ccc1Oc1cc(Cl)c(Cl)cc1Cl. The number of carbonyl (C=O) groups excluding carboxylic acids is 1. The molecule has 2 aromatic rings. The normalized spacial score (nSPS) is 10.3. The molecule has 7 heteroatoms. The Balaban J connectivity index is 2.45. The highest BCUT2D eigenvalue weighted by molar-refractivity contribution is 6.43. The summed E-state index contributed by atoms with van der Waals surface area (Å²) in [5, 5.41) is 0.838. The molecule has 0 bridgehead atoms. The largest absolute Gasteiger partial charge is 0.455 e. The van der Waals surface area contributed by atoms with E-state index in [1.807, 2.05) is 0 Å². The Morgan fingerprint density at radius 1 is 0.950 bits per heavy atom. The number of nitrogens with two attached hydrogens (primary N) is 2. The Bertz CT molecular complexity index is 690. The van der Waals surface area contributed by atoms with Crippen molar-refractivity contribution >= 4 is 46.4 Å². The van der Waals surface area contributed by atoms with Gasteiger partial charge in [0, 0.05) is 11.8 Å². The van der Waals surface area contributed by atoms with Crippen molar-refractivity contribution in [3.05, 3.63) is 51.0 Å². The van der Waals surface area contributed by atoms with Crippen LogP contribution in [0, 0.1) is 0 Å². The molecule has 0 radical (unpaired) electrons. The molecule has 0 aliphatic carbocycles. The van der Waals surface area contributed by atoms with Crippen LogP contribution in [0.5, 0.6) is 11.5 Å². The zero-order valence-corrected chi connectivity index (χ0v) is 12.3. The molecule has 0 aliphatic rings. The topological polar surface area (TPSA) is 78.3 Å². The highest BCUT2D eigenvalue weighted by Crippen LogP contribution is 2.37. The molecule has 0 heterocycles. The molecule has 0 saturated carbocycles. The first-order valence-electron chi connectivity index (χ1n) is 5.40. The average Bonchev–Trinajstić information content (AvgIpc) is 2.37. The summed E-state index contributed by atoms with van der Waals surface area (Å²) in [4.78, 5) is 11.4. The number of halogens is 3. The summed E-state index contributed by atoms with van der Waals surface area (Å²) in [6.07, 6.45) is 0. The van der Waals surface area contributed by atoms with E-state index in [-0.39, 0.29) is 27.1 Å². The number of rotatable bonds is 3. The minimum Gasteiger partial charge on any atom is -0.455 e. The molecular formula is C13H9Cl3N2O2. The average molecular weight is 332 g/mol. The van der Waals surface area contributed by atoms with Crippen LogP contribution in [0.2, 0.25) is 15.1 Å². The zero-order valence-electron chi connectivity index (χ0n) is 9.99. The van der Waals surface area contributed by atoms with Crippen LogP contribution in [0.25, 0.3) is 0 Å². The first kappa shape index (κ1) is 14.8. The highest BCUT2D eigenvalue weighted by atomic mass is 35.5. The van der Waals surface area contributed by atoms with Crippen molar-refractivity contribution in [1.82, 2.24) is 0 Å². The molecule has 0 aliphatic heterocycles. The van der Waals surface area contributed by atoms with Gasteiger partial charge in [-0.2, -0.15) is 0 Å². The maximum atomic E-state index is 11.4. The number of benzene rings is 2. The summed E-state index contributed by atoms with van der Waals surface area (Å²) < 4.78 is 5.56. The second kappa shape index (κ2) is 5.79. The molecule has 0 atom stereocenters. The molecule has 104 valence electrons. The van der Waals surface area contributed by atoms with Crippen LogP contribution in [-0.4, -0.2) is 5.91 Å².